The third kappa shape index (κ3) is 3.95. The second-order valence-electron chi connectivity index (χ2n) is 5.43. The molecule has 0 aliphatic rings. The van der Waals surface area contributed by atoms with Gasteiger partial charge in [0.1, 0.15) is 0 Å². The Balaban J connectivity index is 2.31. The van der Waals surface area contributed by atoms with Crippen LogP contribution in [0.25, 0.3) is 0 Å². The van der Waals surface area contributed by atoms with Crippen molar-refractivity contribution in [3.8, 4) is 0 Å². The first-order chi connectivity index (χ1) is 10.0. The van der Waals surface area contributed by atoms with E-state index in [4.69, 9.17) is 5.73 Å². The van der Waals surface area contributed by atoms with Crippen LogP contribution in [0.3, 0.4) is 0 Å². The van der Waals surface area contributed by atoms with Crippen LogP contribution in [-0.4, -0.2) is 18.0 Å². The highest BCUT2D eigenvalue weighted by Crippen LogP contribution is 2.34. The summed E-state index contributed by atoms with van der Waals surface area (Å²) in [7, 11) is 2.17. The Morgan fingerprint density at radius 2 is 2.05 bits per heavy atom. The van der Waals surface area contributed by atoms with Gasteiger partial charge in [-0.1, -0.05) is 41.1 Å². The molecular weight excluding hydrogens is 344 g/mol. The fourth-order valence-electron chi connectivity index (χ4n) is 2.67. The monoisotopic (exact) mass is 366 g/mol. The Morgan fingerprint density at radius 1 is 1.29 bits per heavy atom. The second kappa shape index (κ2) is 7.54. The van der Waals surface area contributed by atoms with Gasteiger partial charge in [0.25, 0.3) is 0 Å². The third-order valence-electron chi connectivity index (χ3n) is 4.07. The highest BCUT2D eigenvalue weighted by molar-refractivity contribution is 9.10. The number of nitrogens with zero attached hydrogens (tertiary/aromatic N) is 1. The summed E-state index contributed by atoms with van der Waals surface area (Å²) >= 11 is 5.37. The normalized spacial score (nSPS) is 15.9. The molecule has 0 radical (unpaired) electrons. The minimum atomic E-state index is 0.117. The number of hydrogen-bond acceptors (Lipinski definition) is 3. The minimum absolute atomic E-state index is 0.117. The quantitative estimate of drug-likeness (QED) is 0.780. The van der Waals surface area contributed by atoms with E-state index in [0.29, 0.717) is 6.04 Å². The summed E-state index contributed by atoms with van der Waals surface area (Å²) in [6.45, 7) is 4.40. The number of likely N-dealkylation sites (N-methyl/N-ethyl adjacent to an activating group) is 1. The van der Waals surface area contributed by atoms with E-state index in [2.05, 4.69) is 83.5 Å². The maximum atomic E-state index is 6.44. The van der Waals surface area contributed by atoms with Gasteiger partial charge in [-0.2, -0.15) is 0 Å². The van der Waals surface area contributed by atoms with Crippen molar-refractivity contribution >= 4 is 27.3 Å². The molecule has 2 N–H and O–H groups in total. The van der Waals surface area contributed by atoms with Crippen LogP contribution in [0.5, 0.6) is 0 Å². The summed E-state index contributed by atoms with van der Waals surface area (Å²) in [5.41, 5.74) is 7.71. The zero-order chi connectivity index (χ0) is 15.4. The van der Waals surface area contributed by atoms with E-state index in [-0.39, 0.29) is 12.1 Å². The molecule has 0 saturated carbocycles. The van der Waals surface area contributed by atoms with Crippen LogP contribution in [0, 0.1) is 0 Å². The van der Waals surface area contributed by atoms with Gasteiger partial charge in [-0.3, -0.25) is 4.90 Å². The van der Waals surface area contributed by atoms with Crippen molar-refractivity contribution in [2.24, 2.45) is 5.73 Å². The van der Waals surface area contributed by atoms with Crippen LogP contribution in [0.2, 0.25) is 0 Å². The van der Waals surface area contributed by atoms with E-state index in [1.807, 2.05) is 0 Å². The van der Waals surface area contributed by atoms with Crippen molar-refractivity contribution in [2.75, 3.05) is 7.05 Å². The van der Waals surface area contributed by atoms with Gasteiger partial charge in [0.15, 0.2) is 0 Å². The SMILES string of the molecule is CCC(N)C(c1cccc(Br)c1)N(C)C(C)c1cccs1. The molecule has 2 nitrogen and oxygen atoms in total. The molecule has 2 rings (SSSR count). The first-order valence-electron chi connectivity index (χ1n) is 7.31. The van der Waals surface area contributed by atoms with Crippen LogP contribution in [0.15, 0.2) is 46.3 Å². The lowest BCUT2D eigenvalue weighted by Gasteiger charge is -2.36. The van der Waals surface area contributed by atoms with E-state index in [0.717, 1.165) is 10.9 Å². The molecule has 0 aliphatic carbocycles. The van der Waals surface area contributed by atoms with Gasteiger partial charge in [0, 0.05) is 21.4 Å². The Morgan fingerprint density at radius 3 is 2.62 bits per heavy atom. The maximum Gasteiger partial charge on any atom is 0.0502 e. The predicted molar refractivity (Wildman–Crippen MR) is 95.6 cm³/mol. The smallest absolute Gasteiger partial charge is 0.0502 e. The molecule has 1 heterocycles. The maximum absolute atomic E-state index is 6.44. The molecule has 1 aromatic carbocycles. The number of halogens is 1. The number of hydrogen-bond donors (Lipinski definition) is 1. The van der Waals surface area contributed by atoms with Crippen LogP contribution in [0.1, 0.15) is 42.8 Å². The topological polar surface area (TPSA) is 29.3 Å². The Bertz CT molecular complexity index is 556. The average Bonchev–Trinajstić information content (AvgIpc) is 3.00. The highest BCUT2D eigenvalue weighted by atomic mass is 79.9. The van der Waals surface area contributed by atoms with Gasteiger partial charge in [0.2, 0.25) is 0 Å². The molecule has 4 heteroatoms. The highest BCUT2D eigenvalue weighted by Gasteiger charge is 2.27. The van der Waals surface area contributed by atoms with Crippen molar-refractivity contribution in [2.45, 2.75) is 38.4 Å². The molecule has 3 unspecified atom stereocenters. The Hall–Kier alpha value is -0.680. The summed E-state index contributed by atoms with van der Waals surface area (Å²) < 4.78 is 1.10. The Kier molecular flexibility index (Phi) is 5.99. The first kappa shape index (κ1) is 16.7. The molecular formula is C17H23BrN2S. The van der Waals surface area contributed by atoms with Crippen molar-refractivity contribution in [3.05, 3.63) is 56.7 Å². The average molecular weight is 367 g/mol. The molecule has 21 heavy (non-hydrogen) atoms. The molecule has 1 aromatic heterocycles. The first-order valence-corrected chi connectivity index (χ1v) is 8.98. The number of benzene rings is 1. The van der Waals surface area contributed by atoms with Crippen LogP contribution in [-0.2, 0) is 0 Å². The fraction of sp³-hybridized carbons (Fsp3) is 0.412. The minimum Gasteiger partial charge on any atom is -0.326 e. The zero-order valence-corrected chi connectivity index (χ0v) is 15.2. The number of rotatable bonds is 6. The molecule has 114 valence electrons. The zero-order valence-electron chi connectivity index (χ0n) is 12.8. The summed E-state index contributed by atoms with van der Waals surface area (Å²) in [5, 5.41) is 2.13. The molecule has 2 aromatic rings. The summed E-state index contributed by atoms with van der Waals surface area (Å²) in [4.78, 5) is 3.77. The standard InChI is InChI=1S/C17H23BrN2S/c1-4-15(19)17(13-7-5-8-14(18)11-13)20(3)12(2)16-9-6-10-21-16/h5-12,15,17H,4,19H2,1-3H3. The van der Waals surface area contributed by atoms with Crippen molar-refractivity contribution < 1.29 is 0 Å². The molecule has 3 atom stereocenters. The third-order valence-corrected chi connectivity index (χ3v) is 5.61. The summed E-state index contributed by atoms with van der Waals surface area (Å²) in [5.74, 6) is 0. The summed E-state index contributed by atoms with van der Waals surface area (Å²) in [6, 6.07) is 13.5. The van der Waals surface area contributed by atoms with Gasteiger partial charge in [-0.05, 0) is 49.5 Å². The van der Waals surface area contributed by atoms with Crippen molar-refractivity contribution in [1.29, 1.82) is 0 Å². The molecule has 0 aliphatic heterocycles. The Labute approximate surface area is 140 Å². The van der Waals surface area contributed by atoms with Crippen molar-refractivity contribution in [3.63, 3.8) is 0 Å². The number of nitrogens with two attached hydrogens (primary N) is 1. The van der Waals surface area contributed by atoms with E-state index < -0.39 is 0 Å². The lowest BCUT2D eigenvalue weighted by molar-refractivity contribution is 0.161. The van der Waals surface area contributed by atoms with Gasteiger partial charge in [-0.25, -0.2) is 0 Å². The van der Waals surface area contributed by atoms with Gasteiger partial charge in [-0.15, -0.1) is 11.3 Å². The van der Waals surface area contributed by atoms with Gasteiger partial charge >= 0.3 is 0 Å². The predicted octanol–water partition coefficient (Wildman–Crippen LogP) is 4.98. The van der Waals surface area contributed by atoms with E-state index in [1.165, 1.54) is 10.4 Å². The van der Waals surface area contributed by atoms with E-state index in [9.17, 15) is 0 Å². The van der Waals surface area contributed by atoms with Gasteiger partial charge < -0.3 is 5.73 Å². The van der Waals surface area contributed by atoms with Crippen molar-refractivity contribution in [1.82, 2.24) is 4.90 Å². The molecule has 0 saturated heterocycles. The lowest BCUT2D eigenvalue weighted by Crippen LogP contribution is -2.39. The van der Waals surface area contributed by atoms with Gasteiger partial charge in [0.05, 0.1) is 6.04 Å². The second-order valence-corrected chi connectivity index (χ2v) is 7.32. The molecule has 0 bridgehead atoms. The van der Waals surface area contributed by atoms with Crippen LogP contribution >= 0.6 is 27.3 Å². The van der Waals surface area contributed by atoms with E-state index in [1.54, 1.807) is 11.3 Å². The largest absolute Gasteiger partial charge is 0.326 e. The molecule has 0 spiro atoms. The molecule has 0 amide bonds. The van der Waals surface area contributed by atoms with Crippen LogP contribution < -0.4 is 5.73 Å². The fourth-order valence-corrected chi connectivity index (χ4v) is 3.92. The molecule has 0 fully saturated rings. The van der Waals surface area contributed by atoms with E-state index >= 15 is 0 Å². The lowest BCUT2D eigenvalue weighted by atomic mass is 9.95. The summed E-state index contributed by atoms with van der Waals surface area (Å²) in [6.07, 6.45) is 0.957. The number of thiophene rings is 1. The van der Waals surface area contributed by atoms with Crippen LogP contribution in [0.4, 0.5) is 0 Å².